The zero-order valence-corrected chi connectivity index (χ0v) is 13.0. The number of aliphatic hydroxyl groups is 1. The summed E-state index contributed by atoms with van der Waals surface area (Å²) in [4.78, 5) is 4.47. The molecule has 5 nitrogen and oxygen atoms in total. The predicted octanol–water partition coefficient (Wildman–Crippen LogP) is 3.00. The first kappa shape index (κ1) is 15.2. The van der Waals surface area contributed by atoms with Gasteiger partial charge in [-0.1, -0.05) is 24.3 Å². The quantitative estimate of drug-likeness (QED) is 0.760. The van der Waals surface area contributed by atoms with E-state index in [1.54, 1.807) is 7.11 Å². The van der Waals surface area contributed by atoms with Crippen LogP contribution in [0.15, 0.2) is 54.7 Å². The molecule has 0 atom stereocenters. The molecular formula is C18H19N3O2. The maximum Gasteiger partial charge on any atom is 0.213 e. The highest BCUT2D eigenvalue weighted by atomic mass is 16.5. The van der Waals surface area contributed by atoms with Crippen LogP contribution in [0, 0.1) is 0 Å². The highest BCUT2D eigenvalue weighted by molar-refractivity contribution is 5.69. The third kappa shape index (κ3) is 3.57. The minimum absolute atomic E-state index is 0.173. The average molecular weight is 309 g/mol. The lowest BCUT2D eigenvalue weighted by Gasteiger charge is -2.05. The Balaban J connectivity index is 1.88. The molecule has 0 radical (unpaired) electrons. The van der Waals surface area contributed by atoms with Gasteiger partial charge in [0, 0.05) is 36.5 Å². The second-order valence-electron chi connectivity index (χ2n) is 5.19. The van der Waals surface area contributed by atoms with Gasteiger partial charge in [-0.05, 0) is 24.6 Å². The molecule has 118 valence electrons. The number of methoxy groups -OCH3 is 1. The number of aryl methyl sites for hydroxylation is 1. The van der Waals surface area contributed by atoms with Gasteiger partial charge in [0.25, 0.3) is 0 Å². The van der Waals surface area contributed by atoms with Crippen LogP contribution in [0.5, 0.6) is 5.88 Å². The standard InChI is InChI=1S/C18H19N3O2/c1-23-18-8-3-7-16(19-18)14-5-2-6-15(13-14)17-9-11-21(20-17)10-4-12-22/h2-3,5-9,11,13,22H,4,10,12H2,1H3. The number of benzene rings is 1. The molecule has 0 saturated carbocycles. The number of pyridine rings is 1. The predicted molar refractivity (Wildman–Crippen MR) is 89.1 cm³/mol. The van der Waals surface area contributed by atoms with Gasteiger partial charge in [0.05, 0.1) is 18.5 Å². The Morgan fingerprint density at radius 3 is 2.61 bits per heavy atom. The fraction of sp³-hybridized carbons (Fsp3) is 0.222. The van der Waals surface area contributed by atoms with Gasteiger partial charge in [0.2, 0.25) is 5.88 Å². The molecule has 0 aliphatic heterocycles. The lowest BCUT2D eigenvalue weighted by Crippen LogP contribution is -2.00. The van der Waals surface area contributed by atoms with Gasteiger partial charge >= 0.3 is 0 Å². The summed E-state index contributed by atoms with van der Waals surface area (Å²) in [7, 11) is 1.61. The summed E-state index contributed by atoms with van der Waals surface area (Å²) in [6, 6.07) is 15.8. The largest absolute Gasteiger partial charge is 0.481 e. The van der Waals surface area contributed by atoms with Crippen LogP contribution in [0.1, 0.15) is 6.42 Å². The van der Waals surface area contributed by atoms with Crippen molar-refractivity contribution >= 4 is 0 Å². The van der Waals surface area contributed by atoms with E-state index >= 15 is 0 Å². The van der Waals surface area contributed by atoms with Crippen LogP contribution in [-0.4, -0.2) is 33.6 Å². The molecule has 0 unspecified atom stereocenters. The van der Waals surface area contributed by atoms with Gasteiger partial charge in [-0.3, -0.25) is 4.68 Å². The maximum atomic E-state index is 8.90. The van der Waals surface area contributed by atoms with E-state index in [0.29, 0.717) is 18.8 Å². The van der Waals surface area contributed by atoms with E-state index in [1.165, 1.54) is 0 Å². The van der Waals surface area contributed by atoms with E-state index in [2.05, 4.69) is 16.1 Å². The van der Waals surface area contributed by atoms with Crippen molar-refractivity contribution in [3.63, 3.8) is 0 Å². The SMILES string of the molecule is COc1cccc(-c2cccc(-c3ccn(CCCO)n3)c2)n1. The summed E-state index contributed by atoms with van der Waals surface area (Å²) in [6.07, 6.45) is 2.64. The smallest absolute Gasteiger partial charge is 0.213 e. The Morgan fingerprint density at radius 2 is 1.83 bits per heavy atom. The van der Waals surface area contributed by atoms with E-state index in [4.69, 9.17) is 9.84 Å². The Labute approximate surface area is 135 Å². The fourth-order valence-corrected chi connectivity index (χ4v) is 2.40. The van der Waals surface area contributed by atoms with Crippen molar-refractivity contribution in [1.29, 1.82) is 0 Å². The van der Waals surface area contributed by atoms with Crippen molar-refractivity contribution in [2.24, 2.45) is 0 Å². The van der Waals surface area contributed by atoms with Gasteiger partial charge in [-0.15, -0.1) is 0 Å². The van der Waals surface area contributed by atoms with Crippen molar-refractivity contribution in [2.75, 3.05) is 13.7 Å². The summed E-state index contributed by atoms with van der Waals surface area (Å²) in [6.45, 7) is 0.889. The molecule has 1 aromatic carbocycles. The molecule has 3 rings (SSSR count). The van der Waals surface area contributed by atoms with E-state index in [1.807, 2.05) is 53.3 Å². The first-order valence-electron chi connectivity index (χ1n) is 7.56. The zero-order valence-electron chi connectivity index (χ0n) is 13.0. The van der Waals surface area contributed by atoms with Crippen molar-refractivity contribution in [3.8, 4) is 28.4 Å². The van der Waals surface area contributed by atoms with Crippen LogP contribution in [0.2, 0.25) is 0 Å². The van der Waals surface area contributed by atoms with Gasteiger partial charge in [-0.25, -0.2) is 4.98 Å². The number of ether oxygens (including phenoxy) is 1. The van der Waals surface area contributed by atoms with E-state index < -0.39 is 0 Å². The van der Waals surface area contributed by atoms with Crippen LogP contribution in [0.4, 0.5) is 0 Å². The second kappa shape index (κ2) is 7.07. The van der Waals surface area contributed by atoms with Gasteiger partial charge in [0.1, 0.15) is 0 Å². The minimum atomic E-state index is 0.173. The Hall–Kier alpha value is -2.66. The van der Waals surface area contributed by atoms with Gasteiger partial charge in [0.15, 0.2) is 0 Å². The maximum absolute atomic E-state index is 8.90. The normalized spacial score (nSPS) is 10.7. The van der Waals surface area contributed by atoms with Crippen LogP contribution in [-0.2, 0) is 6.54 Å². The summed E-state index contributed by atoms with van der Waals surface area (Å²) < 4.78 is 7.03. The van der Waals surface area contributed by atoms with Crippen LogP contribution in [0.3, 0.4) is 0 Å². The molecule has 0 fully saturated rings. The van der Waals surface area contributed by atoms with Gasteiger partial charge in [-0.2, -0.15) is 5.10 Å². The molecule has 2 heterocycles. The summed E-state index contributed by atoms with van der Waals surface area (Å²) in [5, 5.41) is 13.4. The third-order valence-electron chi connectivity index (χ3n) is 3.57. The number of hydrogen-bond acceptors (Lipinski definition) is 4. The summed E-state index contributed by atoms with van der Waals surface area (Å²) in [5.41, 5.74) is 3.83. The second-order valence-corrected chi connectivity index (χ2v) is 5.19. The molecule has 0 spiro atoms. The van der Waals surface area contributed by atoms with Gasteiger partial charge < -0.3 is 9.84 Å². The Kier molecular flexibility index (Phi) is 4.68. The zero-order chi connectivity index (χ0) is 16.1. The van der Waals surface area contributed by atoms with Crippen molar-refractivity contribution in [1.82, 2.24) is 14.8 Å². The first-order chi connectivity index (χ1) is 11.3. The molecule has 1 N–H and O–H groups in total. The lowest BCUT2D eigenvalue weighted by molar-refractivity contribution is 0.277. The Bertz CT molecular complexity index is 783. The van der Waals surface area contributed by atoms with Crippen molar-refractivity contribution < 1.29 is 9.84 Å². The van der Waals surface area contributed by atoms with Crippen LogP contribution < -0.4 is 4.74 Å². The molecule has 0 saturated heterocycles. The van der Waals surface area contributed by atoms with Crippen LogP contribution >= 0.6 is 0 Å². The number of aliphatic hydroxyl groups excluding tert-OH is 1. The van der Waals surface area contributed by atoms with Crippen molar-refractivity contribution in [2.45, 2.75) is 13.0 Å². The van der Waals surface area contributed by atoms with E-state index in [-0.39, 0.29) is 6.61 Å². The first-order valence-corrected chi connectivity index (χ1v) is 7.56. The molecule has 5 heteroatoms. The lowest BCUT2D eigenvalue weighted by atomic mass is 10.1. The fourth-order valence-electron chi connectivity index (χ4n) is 2.40. The third-order valence-corrected chi connectivity index (χ3v) is 3.57. The molecule has 23 heavy (non-hydrogen) atoms. The molecule has 0 bridgehead atoms. The molecule has 3 aromatic rings. The minimum Gasteiger partial charge on any atom is -0.481 e. The van der Waals surface area contributed by atoms with E-state index in [0.717, 1.165) is 22.5 Å². The topological polar surface area (TPSA) is 60.2 Å². The monoisotopic (exact) mass is 309 g/mol. The Morgan fingerprint density at radius 1 is 1.04 bits per heavy atom. The summed E-state index contributed by atoms with van der Waals surface area (Å²) >= 11 is 0. The average Bonchev–Trinajstić information content (AvgIpc) is 3.09. The van der Waals surface area contributed by atoms with E-state index in [9.17, 15) is 0 Å². The molecule has 0 amide bonds. The molecule has 2 aromatic heterocycles. The molecule has 0 aliphatic rings. The highest BCUT2D eigenvalue weighted by Gasteiger charge is 2.06. The summed E-state index contributed by atoms with van der Waals surface area (Å²) in [5.74, 6) is 0.598. The number of rotatable bonds is 6. The molecule has 0 aliphatic carbocycles. The number of aromatic nitrogens is 3. The highest BCUT2D eigenvalue weighted by Crippen LogP contribution is 2.25. The van der Waals surface area contributed by atoms with Crippen molar-refractivity contribution in [3.05, 3.63) is 54.7 Å². The number of hydrogen-bond donors (Lipinski definition) is 1. The number of nitrogens with zero attached hydrogens (tertiary/aromatic N) is 3. The van der Waals surface area contributed by atoms with Crippen LogP contribution in [0.25, 0.3) is 22.5 Å². The molecular weight excluding hydrogens is 290 g/mol.